The lowest BCUT2D eigenvalue weighted by Crippen LogP contribution is -2.02. The number of aryl methyl sites for hydroxylation is 2. The summed E-state index contributed by atoms with van der Waals surface area (Å²) in [5.41, 5.74) is 9.37. The largest absolute Gasteiger partial charge is 0.383 e. The Bertz CT molecular complexity index is 547. The zero-order valence-corrected chi connectivity index (χ0v) is 12.0. The molecular weight excluding hydrogens is 244 g/mol. The van der Waals surface area contributed by atoms with Gasteiger partial charge in [0.25, 0.3) is 0 Å². The lowest BCUT2D eigenvalue weighted by Gasteiger charge is -2.07. The maximum absolute atomic E-state index is 5.95. The number of nitrogens with zero attached hydrogens (tertiary/aromatic N) is 3. The van der Waals surface area contributed by atoms with Gasteiger partial charge in [0, 0.05) is 12.2 Å². The second-order valence-electron chi connectivity index (χ2n) is 4.52. The topological polar surface area (TPSA) is 56.7 Å². The quantitative estimate of drug-likeness (QED) is 0.844. The molecule has 0 fully saturated rings. The van der Waals surface area contributed by atoms with Crippen molar-refractivity contribution in [2.24, 2.45) is 0 Å². The number of hydrogen-bond acceptors (Lipinski definition) is 4. The van der Waals surface area contributed by atoms with Crippen LogP contribution in [0, 0.1) is 13.8 Å². The Hall–Kier alpha value is -1.23. The van der Waals surface area contributed by atoms with E-state index in [0.717, 1.165) is 17.6 Å². The first kappa shape index (κ1) is 13.2. The highest BCUT2D eigenvalue weighted by Crippen LogP contribution is 2.27. The minimum Gasteiger partial charge on any atom is -0.383 e. The number of rotatable bonds is 5. The third-order valence-electron chi connectivity index (χ3n) is 3.42. The summed E-state index contributed by atoms with van der Waals surface area (Å²) in [5, 5.41) is 1.01. The van der Waals surface area contributed by atoms with E-state index in [1.807, 2.05) is 11.8 Å². The third kappa shape index (κ3) is 2.32. The van der Waals surface area contributed by atoms with Crippen molar-refractivity contribution in [3.63, 3.8) is 0 Å². The smallest absolute Gasteiger partial charge is 0.145 e. The number of fused-ring (bicyclic) bond motifs is 1. The Morgan fingerprint density at radius 3 is 2.78 bits per heavy atom. The molecule has 5 heteroatoms. The van der Waals surface area contributed by atoms with Gasteiger partial charge in [-0.1, -0.05) is 0 Å². The fraction of sp³-hybridized carbons (Fsp3) is 0.538. The van der Waals surface area contributed by atoms with Gasteiger partial charge in [0.2, 0.25) is 0 Å². The number of nitrogens with two attached hydrogens (primary N) is 1. The molecule has 0 aromatic carbocycles. The maximum atomic E-state index is 5.95. The van der Waals surface area contributed by atoms with Crippen molar-refractivity contribution < 1.29 is 0 Å². The van der Waals surface area contributed by atoms with Crippen LogP contribution in [0.3, 0.4) is 0 Å². The molecule has 0 saturated heterocycles. The van der Waals surface area contributed by atoms with Crippen LogP contribution in [0.1, 0.15) is 24.1 Å². The van der Waals surface area contributed by atoms with Crippen LogP contribution < -0.4 is 5.73 Å². The van der Waals surface area contributed by atoms with Crippen LogP contribution in [0.5, 0.6) is 0 Å². The van der Waals surface area contributed by atoms with Gasteiger partial charge in [-0.25, -0.2) is 9.97 Å². The van der Waals surface area contributed by atoms with E-state index in [9.17, 15) is 0 Å². The Labute approximate surface area is 112 Å². The van der Waals surface area contributed by atoms with Crippen LogP contribution in [-0.2, 0) is 6.54 Å². The number of thioether (sulfide) groups is 1. The van der Waals surface area contributed by atoms with E-state index in [2.05, 4.69) is 34.6 Å². The van der Waals surface area contributed by atoms with Crippen LogP contribution in [0.25, 0.3) is 11.0 Å². The average molecular weight is 264 g/mol. The van der Waals surface area contributed by atoms with Crippen LogP contribution in [-0.4, -0.2) is 26.5 Å². The first-order valence-corrected chi connectivity index (χ1v) is 7.61. The van der Waals surface area contributed by atoms with Gasteiger partial charge in [0.05, 0.1) is 5.39 Å². The summed E-state index contributed by atoms with van der Waals surface area (Å²) in [4.78, 5) is 8.47. The molecule has 2 heterocycles. The fourth-order valence-electron chi connectivity index (χ4n) is 2.29. The molecule has 0 amide bonds. The van der Waals surface area contributed by atoms with Gasteiger partial charge in [-0.15, -0.1) is 0 Å². The van der Waals surface area contributed by atoms with E-state index in [1.165, 1.54) is 29.9 Å². The molecule has 2 aromatic heterocycles. The van der Waals surface area contributed by atoms with E-state index >= 15 is 0 Å². The van der Waals surface area contributed by atoms with Gasteiger partial charge in [-0.2, -0.15) is 11.8 Å². The number of anilines is 1. The van der Waals surface area contributed by atoms with Gasteiger partial charge in [0.15, 0.2) is 0 Å². The Kier molecular flexibility index (Phi) is 4.11. The van der Waals surface area contributed by atoms with Crippen molar-refractivity contribution in [2.45, 2.75) is 33.2 Å². The Morgan fingerprint density at radius 1 is 1.28 bits per heavy atom. The summed E-state index contributed by atoms with van der Waals surface area (Å²) >= 11 is 1.90. The summed E-state index contributed by atoms with van der Waals surface area (Å²) in [7, 11) is 0. The zero-order valence-electron chi connectivity index (χ0n) is 11.2. The summed E-state index contributed by atoms with van der Waals surface area (Å²) in [6, 6.07) is 0. The minimum absolute atomic E-state index is 0.587. The van der Waals surface area contributed by atoms with Crippen LogP contribution in [0.4, 0.5) is 5.82 Å². The second kappa shape index (κ2) is 5.61. The highest BCUT2D eigenvalue weighted by molar-refractivity contribution is 7.98. The van der Waals surface area contributed by atoms with Gasteiger partial charge in [0.1, 0.15) is 17.8 Å². The monoisotopic (exact) mass is 264 g/mol. The van der Waals surface area contributed by atoms with E-state index in [4.69, 9.17) is 5.73 Å². The molecule has 0 bridgehead atoms. The second-order valence-corrected chi connectivity index (χ2v) is 5.51. The van der Waals surface area contributed by atoms with Crippen LogP contribution >= 0.6 is 11.8 Å². The molecule has 2 N–H and O–H groups in total. The molecule has 18 heavy (non-hydrogen) atoms. The first-order chi connectivity index (χ1) is 8.66. The fourth-order valence-corrected chi connectivity index (χ4v) is 2.78. The molecule has 0 atom stereocenters. The summed E-state index contributed by atoms with van der Waals surface area (Å²) in [5.74, 6) is 1.80. The van der Waals surface area contributed by atoms with Gasteiger partial charge < -0.3 is 10.3 Å². The lowest BCUT2D eigenvalue weighted by molar-refractivity contribution is 0.635. The molecule has 0 radical (unpaired) electrons. The maximum Gasteiger partial charge on any atom is 0.145 e. The lowest BCUT2D eigenvalue weighted by atomic mass is 10.2. The van der Waals surface area contributed by atoms with E-state index in [1.54, 1.807) is 6.33 Å². The normalized spacial score (nSPS) is 11.3. The number of aromatic nitrogens is 3. The first-order valence-electron chi connectivity index (χ1n) is 6.21. The Morgan fingerprint density at radius 2 is 2.06 bits per heavy atom. The van der Waals surface area contributed by atoms with Gasteiger partial charge in [-0.3, -0.25) is 0 Å². The molecule has 0 unspecified atom stereocenters. The molecule has 2 aromatic rings. The van der Waals surface area contributed by atoms with Gasteiger partial charge in [-0.05, 0) is 44.3 Å². The molecule has 4 nitrogen and oxygen atoms in total. The van der Waals surface area contributed by atoms with E-state index in [0.29, 0.717) is 5.82 Å². The SMILES string of the molecule is CSCCCCn1c(C)c(C)c2c(N)ncnc21. The molecule has 2 rings (SSSR count). The van der Waals surface area contributed by atoms with Crippen molar-refractivity contribution in [1.82, 2.24) is 14.5 Å². The minimum atomic E-state index is 0.587. The highest BCUT2D eigenvalue weighted by Gasteiger charge is 2.14. The Balaban J connectivity index is 2.32. The number of unbranched alkanes of at least 4 members (excludes halogenated alkanes) is 1. The zero-order chi connectivity index (χ0) is 13.1. The van der Waals surface area contributed by atoms with Gasteiger partial charge >= 0.3 is 0 Å². The summed E-state index contributed by atoms with van der Waals surface area (Å²) in [6.07, 6.45) is 6.11. The van der Waals surface area contributed by atoms with Crippen molar-refractivity contribution in [3.8, 4) is 0 Å². The molecule has 98 valence electrons. The standard InChI is InChI=1S/C13H20N4S/c1-9-10(2)17(6-4-5-7-18-3)13-11(9)12(14)15-8-16-13/h8H,4-7H2,1-3H3,(H2,14,15,16). The highest BCUT2D eigenvalue weighted by atomic mass is 32.2. The number of nitrogen functional groups attached to an aromatic ring is 1. The molecule has 0 saturated carbocycles. The number of hydrogen-bond donors (Lipinski definition) is 1. The predicted molar refractivity (Wildman–Crippen MR) is 79.0 cm³/mol. The van der Waals surface area contributed by atoms with Crippen molar-refractivity contribution in [2.75, 3.05) is 17.7 Å². The van der Waals surface area contributed by atoms with E-state index < -0.39 is 0 Å². The van der Waals surface area contributed by atoms with Crippen LogP contribution in [0.15, 0.2) is 6.33 Å². The molecular formula is C13H20N4S. The van der Waals surface area contributed by atoms with Crippen molar-refractivity contribution >= 4 is 28.6 Å². The van der Waals surface area contributed by atoms with Crippen LogP contribution in [0.2, 0.25) is 0 Å². The van der Waals surface area contributed by atoms with Crippen molar-refractivity contribution in [3.05, 3.63) is 17.6 Å². The molecule has 0 aliphatic rings. The predicted octanol–water partition coefficient (Wildman–Crippen LogP) is 2.77. The third-order valence-corrected chi connectivity index (χ3v) is 4.11. The summed E-state index contributed by atoms with van der Waals surface area (Å²) in [6.45, 7) is 5.23. The average Bonchev–Trinajstić information content (AvgIpc) is 2.60. The molecule has 0 aliphatic carbocycles. The molecule has 0 spiro atoms. The van der Waals surface area contributed by atoms with Crippen molar-refractivity contribution in [1.29, 1.82) is 0 Å². The molecule has 0 aliphatic heterocycles. The van der Waals surface area contributed by atoms with E-state index in [-0.39, 0.29) is 0 Å². The summed E-state index contributed by atoms with van der Waals surface area (Å²) < 4.78 is 2.27.